The maximum Gasteiger partial charge on any atom is 0.302 e. The Hall–Kier alpha value is -1.31. The zero-order valence-corrected chi connectivity index (χ0v) is 14.6. The fourth-order valence-corrected chi connectivity index (χ4v) is 2.86. The molecule has 1 aromatic heterocycles. The molecule has 8 heteroatoms. The molecule has 0 radical (unpaired) electrons. The molecule has 1 aliphatic rings. The Morgan fingerprint density at radius 2 is 1.83 bits per heavy atom. The maximum absolute atomic E-state index is 12.2. The first kappa shape index (κ1) is 19.0. The Morgan fingerprint density at radius 3 is 2.50 bits per heavy atom. The Kier molecular flexibility index (Phi) is 6.89. The van der Waals surface area contributed by atoms with Gasteiger partial charge in [-0.2, -0.15) is 4.74 Å². The van der Waals surface area contributed by atoms with Gasteiger partial charge >= 0.3 is 5.56 Å². The molecule has 6 nitrogen and oxygen atoms in total. The largest absolute Gasteiger partial charge is 0.390 e. The van der Waals surface area contributed by atoms with E-state index in [4.69, 9.17) is 20.9 Å². The van der Waals surface area contributed by atoms with Crippen molar-refractivity contribution in [2.24, 2.45) is 0 Å². The summed E-state index contributed by atoms with van der Waals surface area (Å²) in [4.78, 5) is 14.3. The lowest BCUT2D eigenvalue weighted by atomic mass is 10.2. The van der Waals surface area contributed by atoms with Crippen LogP contribution in [0.1, 0.15) is 0 Å². The highest BCUT2D eigenvalue weighted by molar-refractivity contribution is 6.32. The molecular formula is C16H20Cl2N2O4. The second-order valence-corrected chi connectivity index (χ2v) is 5.91. The van der Waals surface area contributed by atoms with Crippen LogP contribution in [0, 0.1) is 0 Å². The minimum absolute atomic E-state index is 0. The first-order chi connectivity index (χ1) is 11.1. The molecule has 0 amide bonds. The highest BCUT2D eigenvalue weighted by atomic mass is 35.5. The van der Waals surface area contributed by atoms with E-state index in [9.17, 15) is 9.90 Å². The van der Waals surface area contributed by atoms with Crippen LogP contribution in [0.5, 0.6) is 0 Å². The van der Waals surface area contributed by atoms with Crippen LogP contribution in [-0.2, 0) is 11.3 Å². The van der Waals surface area contributed by atoms with Gasteiger partial charge in [-0.05, 0) is 0 Å². The third kappa shape index (κ3) is 4.40. The number of hydrogen-bond acceptors (Lipinski definition) is 5. The van der Waals surface area contributed by atoms with Gasteiger partial charge in [-0.1, -0.05) is 41.9 Å². The molecule has 24 heavy (non-hydrogen) atoms. The van der Waals surface area contributed by atoms with Gasteiger partial charge in [-0.25, -0.2) is 0 Å². The predicted octanol–water partition coefficient (Wildman–Crippen LogP) is 1.88. The Morgan fingerprint density at radius 1 is 1.17 bits per heavy atom. The molecule has 1 atom stereocenters. The van der Waals surface area contributed by atoms with Gasteiger partial charge in [-0.3, -0.25) is 9.69 Å². The summed E-state index contributed by atoms with van der Waals surface area (Å²) >= 11 is 6.09. The van der Waals surface area contributed by atoms with Crippen LogP contribution in [0.2, 0.25) is 5.02 Å². The average molecular weight is 375 g/mol. The van der Waals surface area contributed by atoms with Gasteiger partial charge in [-0.15, -0.1) is 12.4 Å². The first-order valence-corrected chi connectivity index (χ1v) is 7.96. The van der Waals surface area contributed by atoms with Crippen molar-refractivity contribution in [1.82, 2.24) is 9.64 Å². The van der Waals surface area contributed by atoms with Crippen molar-refractivity contribution in [3.63, 3.8) is 0 Å². The lowest BCUT2D eigenvalue weighted by Crippen LogP contribution is -2.42. The molecule has 0 bridgehead atoms. The van der Waals surface area contributed by atoms with Crippen molar-refractivity contribution in [1.29, 1.82) is 0 Å². The number of aliphatic hydroxyl groups is 1. The molecule has 1 unspecified atom stereocenters. The van der Waals surface area contributed by atoms with Crippen molar-refractivity contribution < 1.29 is 14.4 Å². The minimum Gasteiger partial charge on any atom is -0.390 e. The zero-order chi connectivity index (χ0) is 16.2. The Labute approximate surface area is 150 Å². The number of morpholine rings is 1. The molecule has 2 aromatic rings. The molecule has 1 fully saturated rings. The van der Waals surface area contributed by atoms with Crippen molar-refractivity contribution in [2.75, 3.05) is 32.8 Å². The van der Waals surface area contributed by atoms with Crippen LogP contribution < -0.4 is 5.56 Å². The van der Waals surface area contributed by atoms with E-state index in [0.717, 1.165) is 23.4 Å². The molecule has 0 spiro atoms. The normalized spacial score (nSPS) is 16.6. The van der Waals surface area contributed by atoms with Gasteiger partial charge in [0.25, 0.3) is 0 Å². The summed E-state index contributed by atoms with van der Waals surface area (Å²) in [5.41, 5.74) is 0.308. The Bertz CT molecular complexity index is 696. The van der Waals surface area contributed by atoms with Gasteiger partial charge < -0.3 is 14.4 Å². The lowest BCUT2D eigenvalue weighted by molar-refractivity contribution is 0.00611. The minimum atomic E-state index is -0.711. The predicted molar refractivity (Wildman–Crippen MR) is 93.9 cm³/mol. The standard InChI is InChI=1S/C16H19ClN2O4.ClH/c17-14-15(12-4-2-1-3-5-12)23-19(16(14)21)11-13(20)10-18-6-8-22-9-7-18;/h1-5,13,20H,6-11H2;1H. The van der Waals surface area contributed by atoms with Crippen molar-refractivity contribution in [3.8, 4) is 11.3 Å². The third-order valence-corrected chi connectivity index (χ3v) is 4.13. The topological polar surface area (TPSA) is 67.8 Å². The van der Waals surface area contributed by atoms with E-state index in [0.29, 0.717) is 25.5 Å². The van der Waals surface area contributed by atoms with Gasteiger partial charge in [0, 0.05) is 25.2 Å². The molecule has 1 aliphatic heterocycles. The van der Waals surface area contributed by atoms with E-state index in [1.165, 1.54) is 0 Å². The van der Waals surface area contributed by atoms with E-state index in [-0.39, 0.29) is 24.0 Å². The molecule has 1 saturated heterocycles. The smallest absolute Gasteiger partial charge is 0.302 e. The van der Waals surface area contributed by atoms with E-state index < -0.39 is 11.7 Å². The second-order valence-electron chi connectivity index (χ2n) is 5.53. The summed E-state index contributed by atoms with van der Waals surface area (Å²) in [6.45, 7) is 3.42. The quantitative estimate of drug-likeness (QED) is 0.865. The van der Waals surface area contributed by atoms with Crippen molar-refractivity contribution in [2.45, 2.75) is 12.6 Å². The molecule has 0 saturated carbocycles. The van der Waals surface area contributed by atoms with Gasteiger partial charge in [0.05, 0.1) is 25.9 Å². The molecular weight excluding hydrogens is 355 g/mol. The third-order valence-electron chi connectivity index (χ3n) is 3.80. The van der Waals surface area contributed by atoms with Crippen LogP contribution in [0.15, 0.2) is 39.6 Å². The van der Waals surface area contributed by atoms with Crippen LogP contribution >= 0.6 is 24.0 Å². The molecule has 2 heterocycles. The molecule has 0 aliphatic carbocycles. The van der Waals surface area contributed by atoms with Gasteiger partial charge in [0.1, 0.15) is 0 Å². The highest BCUT2D eigenvalue weighted by Gasteiger charge is 2.20. The van der Waals surface area contributed by atoms with Crippen LogP contribution in [0.3, 0.4) is 0 Å². The van der Waals surface area contributed by atoms with Crippen molar-refractivity contribution in [3.05, 3.63) is 45.7 Å². The number of hydrogen-bond donors (Lipinski definition) is 1. The summed E-state index contributed by atoms with van der Waals surface area (Å²) < 4.78 is 12.0. The lowest BCUT2D eigenvalue weighted by Gasteiger charge is -2.28. The summed E-state index contributed by atoms with van der Waals surface area (Å²) in [5, 5.41) is 10.2. The monoisotopic (exact) mass is 374 g/mol. The van der Waals surface area contributed by atoms with Crippen LogP contribution in [0.25, 0.3) is 11.3 Å². The number of halogens is 2. The maximum atomic E-state index is 12.2. The number of aromatic nitrogens is 1. The number of β-amino-alcohol motifs (C(OH)–C–C–N with tert-alkyl or cyclic N) is 1. The van der Waals surface area contributed by atoms with E-state index >= 15 is 0 Å². The average Bonchev–Trinajstić information content (AvgIpc) is 2.85. The van der Waals surface area contributed by atoms with Gasteiger partial charge in [0.15, 0.2) is 10.8 Å². The summed E-state index contributed by atoms with van der Waals surface area (Å²) in [6.07, 6.45) is -0.711. The summed E-state index contributed by atoms with van der Waals surface area (Å²) in [6, 6.07) is 9.20. The first-order valence-electron chi connectivity index (χ1n) is 7.58. The number of aliphatic hydroxyl groups excluding tert-OH is 1. The number of nitrogens with zero attached hydrogens (tertiary/aromatic N) is 2. The van der Waals surface area contributed by atoms with Crippen LogP contribution in [-0.4, -0.2) is 53.7 Å². The van der Waals surface area contributed by atoms with Crippen LogP contribution in [0.4, 0.5) is 0 Å². The fraction of sp³-hybridized carbons (Fsp3) is 0.438. The molecule has 3 rings (SSSR count). The molecule has 132 valence electrons. The van der Waals surface area contributed by atoms with E-state index in [1.807, 2.05) is 30.3 Å². The number of benzene rings is 1. The van der Waals surface area contributed by atoms with Crippen molar-refractivity contribution >= 4 is 24.0 Å². The summed E-state index contributed by atoms with van der Waals surface area (Å²) in [7, 11) is 0. The number of ether oxygens (including phenoxy) is 1. The number of rotatable bonds is 5. The van der Waals surface area contributed by atoms with E-state index in [1.54, 1.807) is 0 Å². The zero-order valence-electron chi connectivity index (χ0n) is 13.1. The Balaban J connectivity index is 0.00000208. The SMILES string of the molecule is Cl.O=c1c(Cl)c(-c2ccccc2)on1CC(O)CN1CCOCC1. The fourth-order valence-electron chi connectivity index (χ4n) is 2.62. The van der Waals surface area contributed by atoms with Gasteiger partial charge in [0.2, 0.25) is 0 Å². The second kappa shape index (κ2) is 8.69. The molecule has 1 N–H and O–H groups in total. The summed E-state index contributed by atoms with van der Waals surface area (Å²) in [5.74, 6) is 0.329. The molecule has 1 aromatic carbocycles. The van der Waals surface area contributed by atoms with E-state index in [2.05, 4.69) is 4.90 Å². The highest BCUT2D eigenvalue weighted by Crippen LogP contribution is 2.25.